The van der Waals surface area contributed by atoms with E-state index in [0.29, 0.717) is 24.4 Å². The van der Waals surface area contributed by atoms with Gasteiger partial charge in [-0.05, 0) is 39.2 Å². The lowest BCUT2D eigenvalue weighted by molar-refractivity contribution is 0.0343. The minimum absolute atomic E-state index is 0.302. The first-order valence-electron chi connectivity index (χ1n) is 5.83. The Morgan fingerprint density at radius 1 is 1.50 bits per heavy atom. The number of esters is 1. The van der Waals surface area contributed by atoms with Crippen molar-refractivity contribution in [1.29, 1.82) is 0 Å². The quantitative estimate of drug-likeness (QED) is 0.806. The van der Waals surface area contributed by atoms with Crippen LogP contribution in [-0.2, 0) is 9.47 Å². The molecule has 0 radical (unpaired) electrons. The molecule has 0 saturated heterocycles. The summed E-state index contributed by atoms with van der Waals surface area (Å²) in [4.78, 5) is 11.8. The Kier molecular flexibility index (Phi) is 5.10. The van der Waals surface area contributed by atoms with Gasteiger partial charge >= 0.3 is 5.97 Å². The summed E-state index contributed by atoms with van der Waals surface area (Å²) in [5.41, 5.74) is 0.911. The van der Waals surface area contributed by atoms with Crippen molar-refractivity contribution in [2.45, 2.75) is 33.3 Å². The largest absolute Gasteiger partial charge is 0.462 e. The second kappa shape index (κ2) is 6.15. The Balaban J connectivity index is 2.81. The first-order chi connectivity index (χ1) is 8.41. The van der Waals surface area contributed by atoms with Crippen molar-refractivity contribution in [2.75, 3.05) is 25.6 Å². The molecule has 1 aromatic heterocycles. The molecule has 1 heterocycles. The number of nitrogens with zero attached hydrogens (tertiary/aromatic N) is 1. The Morgan fingerprint density at radius 3 is 2.72 bits per heavy atom. The predicted octanol–water partition coefficient (Wildman–Crippen LogP) is 2.47. The first kappa shape index (κ1) is 14.9. The van der Waals surface area contributed by atoms with Gasteiger partial charge in [-0.1, -0.05) is 0 Å². The summed E-state index contributed by atoms with van der Waals surface area (Å²) < 4.78 is 14.5. The first-order valence-corrected chi connectivity index (χ1v) is 6.61. The van der Waals surface area contributed by atoms with Gasteiger partial charge in [-0.3, -0.25) is 0 Å². The minimum atomic E-state index is -0.332. The summed E-state index contributed by atoms with van der Waals surface area (Å²) >= 11 is 1.26. The van der Waals surface area contributed by atoms with Gasteiger partial charge in [-0.15, -0.1) is 0 Å². The zero-order valence-electron chi connectivity index (χ0n) is 11.5. The zero-order valence-corrected chi connectivity index (χ0v) is 12.3. The van der Waals surface area contributed by atoms with Crippen LogP contribution in [0, 0.1) is 6.92 Å². The van der Waals surface area contributed by atoms with Crippen molar-refractivity contribution in [3.05, 3.63) is 11.3 Å². The summed E-state index contributed by atoms with van der Waals surface area (Å²) in [6.45, 7) is 8.48. The molecule has 0 atom stereocenters. The molecule has 0 amide bonds. The molecule has 0 fully saturated rings. The van der Waals surface area contributed by atoms with Crippen LogP contribution in [0.25, 0.3) is 0 Å². The number of methoxy groups -OCH3 is 1. The van der Waals surface area contributed by atoms with E-state index >= 15 is 0 Å². The fraction of sp³-hybridized carbons (Fsp3) is 0.667. The summed E-state index contributed by atoms with van der Waals surface area (Å²) in [6.07, 6.45) is 0. The third-order valence-corrected chi connectivity index (χ3v) is 3.47. The van der Waals surface area contributed by atoms with Gasteiger partial charge in [0, 0.05) is 13.7 Å². The fourth-order valence-corrected chi connectivity index (χ4v) is 2.08. The lowest BCUT2D eigenvalue weighted by Gasteiger charge is -2.23. The van der Waals surface area contributed by atoms with E-state index in [-0.39, 0.29) is 11.6 Å². The van der Waals surface area contributed by atoms with E-state index in [4.69, 9.17) is 9.47 Å². The van der Waals surface area contributed by atoms with E-state index in [0.717, 1.165) is 5.00 Å². The van der Waals surface area contributed by atoms with Crippen molar-refractivity contribution in [3.63, 3.8) is 0 Å². The number of carbonyl (C=O) groups excluding carboxylic acids is 1. The highest BCUT2D eigenvalue weighted by atomic mass is 32.1. The van der Waals surface area contributed by atoms with E-state index in [1.165, 1.54) is 11.5 Å². The number of ether oxygens (including phenoxy) is 2. The molecule has 102 valence electrons. The molecule has 0 aliphatic carbocycles. The van der Waals surface area contributed by atoms with Gasteiger partial charge in [-0.2, -0.15) is 4.37 Å². The number of hydrogen-bond acceptors (Lipinski definition) is 6. The molecule has 1 N–H and O–H groups in total. The molecule has 5 nitrogen and oxygen atoms in total. The van der Waals surface area contributed by atoms with Crippen molar-refractivity contribution in [2.24, 2.45) is 0 Å². The van der Waals surface area contributed by atoms with Crippen LogP contribution in [-0.4, -0.2) is 36.2 Å². The van der Waals surface area contributed by atoms with Crippen molar-refractivity contribution < 1.29 is 14.3 Å². The average Bonchev–Trinajstić information content (AvgIpc) is 2.68. The molecule has 1 rings (SSSR count). The molecule has 0 saturated carbocycles. The maximum Gasteiger partial charge on any atom is 0.343 e. The van der Waals surface area contributed by atoms with Gasteiger partial charge in [0.15, 0.2) is 0 Å². The molecule has 0 aliphatic heterocycles. The smallest absolute Gasteiger partial charge is 0.343 e. The average molecular weight is 272 g/mol. The molecule has 0 aromatic carbocycles. The van der Waals surface area contributed by atoms with Crippen molar-refractivity contribution >= 4 is 22.5 Å². The summed E-state index contributed by atoms with van der Waals surface area (Å²) in [5.74, 6) is -0.332. The highest BCUT2D eigenvalue weighted by Gasteiger charge is 2.22. The van der Waals surface area contributed by atoms with E-state index in [1.54, 1.807) is 21.0 Å². The van der Waals surface area contributed by atoms with E-state index in [9.17, 15) is 4.79 Å². The van der Waals surface area contributed by atoms with Crippen LogP contribution in [0.1, 0.15) is 36.8 Å². The van der Waals surface area contributed by atoms with E-state index in [2.05, 4.69) is 9.69 Å². The maximum atomic E-state index is 11.8. The lowest BCUT2D eigenvalue weighted by Crippen LogP contribution is -2.32. The van der Waals surface area contributed by atoms with Gasteiger partial charge in [0.05, 0.1) is 17.9 Å². The van der Waals surface area contributed by atoms with Gasteiger partial charge < -0.3 is 14.8 Å². The third-order valence-electron chi connectivity index (χ3n) is 2.57. The highest BCUT2D eigenvalue weighted by Crippen LogP contribution is 2.26. The Hall–Kier alpha value is -1.14. The fourth-order valence-electron chi connectivity index (χ4n) is 1.30. The van der Waals surface area contributed by atoms with Crippen molar-refractivity contribution in [3.8, 4) is 0 Å². The normalized spacial score (nSPS) is 11.4. The van der Waals surface area contributed by atoms with Crippen molar-refractivity contribution in [1.82, 2.24) is 4.37 Å². The SMILES string of the molecule is CCOC(=O)c1c(C)nsc1NCC(C)(C)OC. The number of anilines is 1. The molecule has 1 aromatic rings. The standard InChI is InChI=1S/C12H20N2O3S/c1-6-17-11(15)9-8(2)14-18-10(9)13-7-12(3,4)16-5/h13H,6-7H2,1-5H3. The number of aromatic nitrogens is 1. The maximum absolute atomic E-state index is 11.8. The van der Waals surface area contributed by atoms with Gasteiger partial charge in [0.1, 0.15) is 10.6 Å². The Bertz CT molecular complexity index is 415. The highest BCUT2D eigenvalue weighted by molar-refractivity contribution is 7.10. The predicted molar refractivity (Wildman–Crippen MR) is 72.4 cm³/mol. The molecule has 18 heavy (non-hydrogen) atoms. The summed E-state index contributed by atoms with van der Waals surface area (Å²) in [7, 11) is 1.66. The van der Waals surface area contributed by atoms with Gasteiger partial charge in [0.2, 0.25) is 0 Å². The van der Waals surface area contributed by atoms with E-state index in [1.807, 2.05) is 13.8 Å². The second-order valence-corrected chi connectivity index (χ2v) is 5.28. The molecule has 6 heteroatoms. The van der Waals surface area contributed by atoms with E-state index < -0.39 is 0 Å². The topological polar surface area (TPSA) is 60.5 Å². The number of hydrogen-bond donors (Lipinski definition) is 1. The molecule has 0 unspecified atom stereocenters. The summed E-state index contributed by atoms with van der Waals surface area (Å²) in [6, 6.07) is 0. The van der Waals surface area contributed by atoms with Crippen LogP contribution in [0.15, 0.2) is 0 Å². The number of rotatable bonds is 6. The van der Waals surface area contributed by atoms with Crippen LogP contribution < -0.4 is 5.32 Å². The molecule has 0 bridgehead atoms. The number of nitrogens with one attached hydrogen (secondary N) is 1. The summed E-state index contributed by atoms with van der Waals surface area (Å²) in [5, 5.41) is 3.93. The second-order valence-electron chi connectivity index (χ2n) is 4.51. The number of carbonyl (C=O) groups is 1. The zero-order chi connectivity index (χ0) is 13.8. The molecule has 0 aliphatic rings. The molecular weight excluding hydrogens is 252 g/mol. The third kappa shape index (κ3) is 3.68. The van der Waals surface area contributed by atoms with Crippen LogP contribution in [0.2, 0.25) is 0 Å². The van der Waals surface area contributed by atoms with Crippen LogP contribution in [0.3, 0.4) is 0 Å². The van der Waals surface area contributed by atoms with Crippen LogP contribution in [0.4, 0.5) is 5.00 Å². The van der Waals surface area contributed by atoms with Crippen LogP contribution in [0.5, 0.6) is 0 Å². The van der Waals surface area contributed by atoms with Gasteiger partial charge in [-0.25, -0.2) is 4.79 Å². The Morgan fingerprint density at radius 2 is 2.17 bits per heavy atom. The number of aryl methyl sites for hydroxylation is 1. The van der Waals surface area contributed by atoms with Gasteiger partial charge in [0.25, 0.3) is 0 Å². The molecule has 0 spiro atoms. The lowest BCUT2D eigenvalue weighted by atomic mass is 10.1. The molecular formula is C12H20N2O3S. The minimum Gasteiger partial charge on any atom is -0.462 e. The Labute approximate surface area is 112 Å². The van der Waals surface area contributed by atoms with Crippen LogP contribution >= 0.6 is 11.5 Å². The monoisotopic (exact) mass is 272 g/mol.